The molecule has 0 saturated heterocycles. The fourth-order valence-corrected chi connectivity index (χ4v) is 1.45. The molecule has 4 heteroatoms. The summed E-state index contributed by atoms with van der Waals surface area (Å²) in [5, 5.41) is 5.74. The van der Waals surface area contributed by atoms with Crippen LogP contribution in [0.15, 0.2) is 24.3 Å². The summed E-state index contributed by atoms with van der Waals surface area (Å²) in [5.74, 6) is 0. The molecule has 1 atom stereocenters. The van der Waals surface area contributed by atoms with Crippen LogP contribution in [0.5, 0.6) is 0 Å². The highest BCUT2D eigenvalue weighted by atomic mass is 16.2. The Morgan fingerprint density at radius 3 is 2.59 bits per heavy atom. The summed E-state index contributed by atoms with van der Waals surface area (Å²) in [4.78, 5) is 13.7. The summed E-state index contributed by atoms with van der Waals surface area (Å²) in [7, 11) is 3.90. The maximum atomic E-state index is 11.7. The first-order valence-electron chi connectivity index (χ1n) is 5.88. The molecule has 0 fully saturated rings. The van der Waals surface area contributed by atoms with E-state index in [2.05, 4.69) is 10.6 Å². The summed E-state index contributed by atoms with van der Waals surface area (Å²) >= 11 is 0. The summed E-state index contributed by atoms with van der Waals surface area (Å²) in [6.45, 7) is 4.02. The van der Waals surface area contributed by atoms with Crippen LogP contribution in [-0.2, 0) is 0 Å². The third-order valence-electron chi connectivity index (χ3n) is 2.62. The fourth-order valence-electron chi connectivity index (χ4n) is 1.45. The van der Waals surface area contributed by atoms with E-state index in [9.17, 15) is 4.79 Å². The van der Waals surface area contributed by atoms with Gasteiger partial charge >= 0.3 is 6.03 Å². The second-order valence-corrected chi connectivity index (χ2v) is 4.32. The molecule has 94 valence electrons. The minimum atomic E-state index is -0.159. The van der Waals surface area contributed by atoms with Gasteiger partial charge < -0.3 is 15.5 Å². The molecule has 1 unspecified atom stereocenters. The van der Waals surface area contributed by atoms with Gasteiger partial charge in [0.2, 0.25) is 0 Å². The molecule has 0 radical (unpaired) electrons. The molecule has 0 aliphatic rings. The van der Waals surface area contributed by atoms with Crippen LogP contribution in [0.2, 0.25) is 0 Å². The first kappa shape index (κ1) is 13.4. The van der Waals surface area contributed by atoms with Crippen LogP contribution >= 0.6 is 0 Å². The van der Waals surface area contributed by atoms with Crippen molar-refractivity contribution in [3.05, 3.63) is 24.3 Å². The minimum absolute atomic E-state index is 0.159. The highest BCUT2D eigenvalue weighted by Crippen LogP contribution is 2.23. The van der Waals surface area contributed by atoms with E-state index in [-0.39, 0.29) is 12.1 Å². The number of benzene rings is 1. The highest BCUT2D eigenvalue weighted by molar-refractivity contribution is 5.93. The van der Waals surface area contributed by atoms with E-state index < -0.39 is 0 Å². The lowest BCUT2D eigenvalue weighted by Gasteiger charge is -2.19. The predicted octanol–water partition coefficient (Wildman–Crippen LogP) is 2.67. The van der Waals surface area contributed by atoms with E-state index in [1.165, 1.54) is 0 Å². The molecular formula is C13H21N3O. The van der Waals surface area contributed by atoms with Gasteiger partial charge in [-0.1, -0.05) is 19.1 Å². The number of amides is 2. The van der Waals surface area contributed by atoms with Crippen LogP contribution in [0.1, 0.15) is 20.3 Å². The molecule has 0 aliphatic heterocycles. The Balaban J connectivity index is 2.71. The maximum Gasteiger partial charge on any atom is 0.319 e. The van der Waals surface area contributed by atoms with E-state index in [4.69, 9.17) is 0 Å². The van der Waals surface area contributed by atoms with Crippen molar-refractivity contribution in [2.24, 2.45) is 0 Å². The first-order chi connectivity index (χ1) is 8.04. The van der Waals surface area contributed by atoms with Crippen LogP contribution < -0.4 is 15.5 Å². The zero-order chi connectivity index (χ0) is 12.8. The number of urea groups is 1. The van der Waals surface area contributed by atoms with Gasteiger partial charge in [-0.05, 0) is 25.5 Å². The number of nitrogens with one attached hydrogen (secondary N) is 2. The van der Waals surface area contributed by atoms with Gasteiger partial charge in [-0.3, -0.25) is 0 Å². The Kier molecular flexibility index (Phi) is 4.82. The van der Waals surface area contributed by atoms with Crippen molar-refractivity contribution < 1.29 is 4.79 Å². The van der Waals surface area contributed by atoms with E-state index in [1.54, 1.807) is 0 Å². The molecule has 0 saturated carbocycles. The quantitative estimate of drug-likeness (QED) is 0.842. The fraction of sp³-hybridized carbons (Fsp3) is 0.462. The monoisotopic (exact) mass is 235 g/mol. The highest BCUT2D eigenvalue weighted by Gasteiger charge is 2.08. The lowest BCUT2D eigenvalue weighted by atomic mass is 10.2. The molecular weight excluding hydrogens is 214 g/mol. The van der Waals surface area contributed by atoms with Gasteiger partial charge in [0.15, 0.2) is 0 Å². The molecule has 17 heavy (non-hydrogen) atoms. The smallest absolute Gasteiger partial charge is 0.319 e. The second kappa shape index (κ2) is 6.13. The Morgan fingerprint density at radius 1 is 1.35 bits per heavy atom. The topological polar surface area (TPSA) is 44.4 Å². The van der Waals surface area contributed by atoms with Gasteiger partial charge in [-0.2, -0.15) is 0 Å². The number of rotatable bonds is 4. The average Bonchev–Trinajstić information content (AvgIpc) is 2.29. The molecule has 1 aromatic rings. The van der Waals surface area contributed by atoms with Crippen LogP contribution in [-0.4, -0.2) is 26.2 Å². The molecule has 0 bridgehead atoms. The van der Waals surface area contributed by atoms with E-state index in [0.717, 1.165) is 17.8 Å². The molecule has 1 rings (SSSR count). The Labute approximate surface area is 103 Å². The van der Waals surface area contributed by atoms with Crippen molar-refractivity contribution in [1.82, 2.24) is 5.32 Å². The van der Waals surface area contributed by atoms with E-state index in [0.29, 0.717) is 0 Å². The van der Waals surface area contributed by atoms with Gasteiger partial charge in [0, 0.05) is 20.1 Å². The van der Waals surface area contributed by atoms with Crippen LogP contribution in [0.4, 0.5) is 16.2 Å². The molecule has 2 amide bonds. The van der Waals surface area contributed by atoms with E-state index >= 15 is 0 Å². The van der Waals surface area contributed by atoms with Crippen molar-refractivity contribution in [2.75, 3.05) is 24.3 Å². The predicted molar refractivity (Wildman–Crippen MR) is 72.7 cm³/mol. The van der Waals surface area contributed by atoms with Gasteiger partial charge in [0.25, 0.3) is 0 Å². The SMILES string of the molecule is CCC(C)NC(=O)Nc1ccccc1N(C)C. The summed E-state index contributed by atoms with van der Waals surface area (Å²) < 4.78 is 0. The third kappa shape index (κ3) is 3.98. The van der Waals surface area contributed by atoms with Gasteiger partial charge in [0.1, 0.15) is 0 Å². The lowest BCUT2D eigenvalue weighted by molar-refractivity contribution is 0.249. The summed E-state index contributed by atoms with van der Waals surface area (Å²) in [6, 6.07) is 7.75. The van der Waals surface area contributed by atoms with Crippen molar-refractivity contribution in [2.45, 2.75) is 26.3 Å². The Bertz CT molecular complexity index is 377. The number of hydrogen-bond donors (Lipinski definition) is 2. The van der Waals surface area contributed by atoms with E-state index in [1.807, 2.05) is 57.1 Å². The van der Waals surface area contributed by atoms with Crippen molar-refractivity contribution in [1.29, 1.82) is 0 Å². The number of carbonyl (C=O) groups is 1. The number of para-hydroxylation sites is 2. The normalized spacial score (nSPS) is 11.8. The zero-order valence-electron chi connectivity index (χ0n) is 10.9. The van der Waals surface area contributed by atoms with Crippen LogP contribution in [0.3, 0.4) is 0 Å². The molecule has 0 spiro atoms. The largest absolute Gasteiger partial charge is 0.376 e. The maximum absolute atomic E-state index is 11.7. The summed E-state index contributed by atoms with van der Waals surface area (Å²) in [5.41, 5.74) is 1.81. The first-order valence-corrected chi connectivity index (χ1v) is 5.88. The van der Waals surface area contributed by atoms with Crippen LogP contribution in [0.25, 0.3) is 0 Å². The minimum Gasteiger partial charge on any atom is -0.376 e. The van der Waals surface area contributed by atoms with Gasteiger partial charge in [-0.25, -0.2) is 4.79 Å². The van der Waals surface area contributed by atoms with Gasteiger partial charge in [-0.15, -0.1) is 0 Å². The Hall–Kier alpha value is -1.71. The third-order valence-corrected chi connectivity index (χ3v) is 2.62. The number of hydrogen-bond acceptors (Lipinski definition) is 2. The summed E-state index contributed by atoms with van der Waals surface area (Å²) in [6.07, 6.45) is 0.919. The standard InChI is InChI=1S/C13H21N3O/c1-5-10(2)14-13(17)15-11-8-6-7-9-12(11)16(3)4/h6-10H,5H2,1-4H3,(H2,14,15,17). The average molecular weight is 235 g/mol. The number of nitrogens with zero attached hydrogens (tertiary/aromatic N) is 1. The van der Waals surface area contributed by atoms with Crippen molar-refractivity contribution in [3.8, 4) is 0 Å². The second-order valence-electron chi connectivity index (χ2n) is 4.32. The van der Waals surface area contributed by atoms with Crippen molar-refractivity contribution >= 4 is 17.4 Å². The Morgan fingerprint density at radius 2 is 2.00 bits per heavy atom. The number of anilines is 2. The zero-order valence-corrected chi connectivity index (χ0v) is 10.9. The molecule has 2 N–H and O–H groups in total. The molecule has 4 nitrogen and oxygen atoms in total. The molecule has 0 aliphatic carbocycles. The molecule has 0 heterocycles. The lowest BCUT2D eigenvalue weighted by Crippen LogP contribution is -2.35. The van der Waals surface area contributed by atoms with Crippen molar-refractivity contribution in [3.63, 3.8) is 0 Å². The van der Waals surface area contributed by atoms with Crippen LogP contribution in [0, 0.1) is 0 Å². The molecule has 1 aromatic carbocycles. The van der Waals surface area contributed by atoms with Gasteiger partial charge in [0.05, 0.1) is 11.4 Å². The number of carbonyl (C=O) groups excluding carboxylic acids is 1. The molecule has 0 aromatic heterocycles.